The van der Waals surface area contributed by atoms with Crippen molar-refractivity contribution in [2.24, 2.45) is 0 Å². The second kappa shape index (κ2) is 5.93. The lowest BCUT2D eigenvalue weighted by atomic mass is 9.86. The molecule has 0 radical (unpaired) electrons. The number of rotatable bonds is 3. The average Bonchev–Trinajstić information content (AvgIpc) is 2.41. The molecule has 0 bridgehead atoms. The van der Waals surface area contributed by atoms with Crippen LogP contribution in [-0.4, -0.2) is 30.5 Å². The molecule has 0 spiro atoms. The van der Waals surface area contributed by atoms with Crippen LogP contribution in [0.4, 0.5) is 0 Å². The van der Waals surface area contributed by atoms with Crippen molar-refractivity contribution in [1.29, 1.82) is 0 Å². The zero-order valence-electron chi connectivity index (χ0n) is 12.3. The maximum Gasteiger partial charge on any atom is 0.251 e. The summed E-state index contributed by atoms with van der Waals surface area (Å²) in [6, 6.07) is 4.77. The lowest BCUT2D eigenvalue weighted by Crippen LogP contribution is -2.62. The summed E-state index contributed by atoms with van der Waals surface area (Å²) in [6.07, 6.45) is 1.03. The SMILES string of the molecule is COc1ccc(C(=O)NC2CCC(=O)NC2(C)C)cc1Cl. The molecule has 1 aliphatic heterocycles. The molecule has 1 atom stereocenters. The van der Waals surface area contributed by atoms with Crippen molar-refractivity contribution < 1.29 is 14.3 Å². The second-order valence-electron chi connectivity index (χ2n) is 5.68. The summed E-state index contributed by atoms with van der Waals surface area (Å²) in [5, 5.41) is 6.24. The average molecular weight is 311 g/mol. The van der Waals surface area contributed by atoms with Crippen molar-refractivity contribution in [2.45, 2.75) is 38.3 Å². The third-order valence-electron chi connectivity index (χ3n) is 3.71. The molecule has 1 aromatic carbocycles. The molecule has 2 rings (SSSR count). The number of hydrogen-bond acceptors (Lipinski definition) is 3. The first-order valence-corrected chi connectivity index (χ1v) is 7.16. The largest absolute Gasteiger partial charge is 0.495 e. The Morgan fingerprint density at radius 3 is 2.76 bits per heavy atom. The first kappa shape index (κ1) is 15.6. The molecule has 1 unspecified atom stereocenters. The number of ether oxygens (including phenoxy) is 1. The van der Waals surface area contributed by atoms with Crippen LogP contribution in [0.5, 0.6) is 5.75 Å². The molecule has 0 aromatic heterocycles. The van der Waals surface area contributed by atoms with Crippen molar-refractivity contribution in [3.8, 4) is 5.75 Å². The van der Waals surface area contributed by atoms with Gasteiger partial charge in [0.2, 0.25) is 5.91 Å². The van der Waals surface area contributed by atoms with Crippen LogP contribution in [0.1, 0.15) is 37.0 Å². The Bertz CT molecular complexity index is 572. The third-order valence-corrected chi connectivity index (χ3v) is 4.01. The van der Waals surface area contributed by atoms with E-state index in [0.717, 1.165) is 0 Å². The molecule has 0 aliphatic carbocycles. The molecule has 114 valence electrons. The summed E-state index contributed by atoms with van der Waals surface area (Å²) >= 11 is 6.03. The van der Waals surface area contributed by atoms with Crippen LogP contribution < -0.4 is 15.4 Å². The van der Waals surface area contributed by atoms with Crippen LogP contribution in [0.25, 0.3) is 0 Å². The van der Waals surface area contributed by atoms with Gasteiger partial charge in [-0.2, -0.15) is 0 Å². The van der Waals surface area contributed by atoms with E-state index in [0.29, 0.717) is 29.2 Å². The molecule has 21 heavy (non-hydrogen) atoms. The minimum Gasteiger partial charge on any atom is -0.495 e. The van der Waals surface area contributed by atoms with E-state index in [1.54, 1.807) is 18.2 Å². The molecule has 6 heteroatoms. The van der Waals surface area contributed by atoms with Gasteiger partial charge in [-0.15, -0.1) is 0 Å². The number of carbonyl (C=O) groups is 2. The number of hydrogen-bond donors (Lipinski definition) is 2. The number of halogens is 1. The van der Waals surface area contributed by atoms with E-state index in [2.05, 4.69) is 10.6 Å². The van der Waals surface area contributed by atoms with E-state index in [4.69, 9.17) is 16.3 Å². The monoisotopic (exact) mass is 310 g/mol. The molecular formula is C15H19ClN2O3. The molecule has 0 saturated carbocycles. The van der Waals surface area contributed by atoms with Crippen LogP contribution in [0.2, 0.25) is 5.02 Å². The fraction of sp³-hybridized carbons (Fsp3) is 0.467. The molecule has 1 aromatic rings. The van der Waals surface area contributed by atoms with E-state index in [9.17, 15) is 9.59 Å². The van der Waals surface area contributed by atoms with Gasteiger partial charge in [0.25, 0.3) is 5.91 Å². The van der Waals surface area contributed by atoms with Crippen molar-refractivity contribution >= 4 is 23.4 Å². The summed E-state index contributed by atoms with van der Waals surface area (Å²) in [4.78, 5) is 23.8. The number of amides is 2. The highest BCUT2D eigenvalue weighted by Gasteiger charge is 2.36. The fourth-order valence-corrected chi connectivity index (χ4v) is 2.70. The van der Waals surface area contributed by atoms with Crippen LogP contribution >= 0.6 is 11.6 Å². The molecule has 2 N–H and O–H groups in total. The molecule has 5 nitrogen and oxygen atoms in total. The Kier molecular flexibility index (Phi) is 4.42. The van der Waals surface area contributed by atoms with Gasteiger partial charge < -0.3 is 15.4 Å². The zero-order valence-corrected chi connectivity index (χ0v) is 13.1. The molecule has 1 saturated heterocycles. The van der Waals surface area contributed by atoms with Gasteiger partial charge in [-0.25, -0.2) is 0 Å². The van der Waals surface area contributed by atoms with Gasteiger partial charge in [0.15, 0.2) is 0 Å². The second-order valence-corrected chi connectivity index (χ2v) is 6.09. The van der Waals surface area contributed by atoms with Gasteiger partial charge in [-0.3, -0.25) is 9.59 Å². The van der Waals surface area contributed by atoms with Crippen molar-refractivity contribution in [3.05, 3.63) is 28.8 Å². The van der Waals surface area contributed by atoms with Gasteiger partial charge in [0.1, 0.15) is 5.75 Å². The van der Waals surface area contributed by atoms with Crippen LogP contribution in [-0.2, 0) is 4.79 Å². The normalized spacial score (nSPS) is 20.6. The summed E-state index contributed by atoms with van der Waals surface area (Å²) in [6.45, 7) is 3.80. The minimum absolute atomic E-state index is 0.0120. The molecule has 1 heterocycles. The quantitative estimate of drug-likeness (QED) is 0.899. The summed E-state index contributed by atoms with van der Waals surface area (Å²) < 4.78 is 5.06. The van der Waals surface area contributed by atoms with E-state index >= 15 is 0 Å². The lowest BCUT2D eigenvalue weighted by molar-refractivity contribution is -0.125. The van der Waals surface area contributed by atoms with Gasteiger partial charge in [-0.05, 0) is 38.5 Å². The summed E-state index contributed by atoms with van der Waals surface area (Å²) in [5.41, 5.74) is -0.00477. The molecular weight excluding hydrogens is 292 g/mol. The maximum atomic E-state index is 12.3. The minimum atomic E-state index is -0.471. The van der Waals surface area contributed by atoms with E-state index < -0.39 is 5.54 Å². The summed E-state index contributed by atoms with van der Waals surface area (Å²) in [5.74, 6) is 0.324. The number of methoxy groups -OCH3 is 1. The van der Waals surface area contributed by atoms with Crippen LogP contribution in [0, 0.1) is 0 Å². The summed E-state index contributed by atoms with van der Waals surface area (Å²) in [7, 11) is 1.52. The van der Waals surface area contributed by atoms with Crippen molar-refractivity contribution in [2.75, 3.05) is 7.11 Å². The topological polar surface area (TPSA) is 67.4 Å². The number of benzene rings is 1. The smallest absolute Gasteiger partial charge is 0.251 e. The number of carbonyl (C=O) groups excluding carboxylic acids is 2. The Labute approximate surface area is 129 Å². The van der Waals surface area contributed by atoms with Gasteiger partial charge in [-0.1, -0.05) is 11.6 Å². The number of piperidine rings is 1. The van der Waals surface area contributed by atoms with Gasteiger partial charge in [0.05, 0.1) is 23.7 Å². The molecule has 1 aliphatic rings. The predicted octanol–water partition coefficient (Wildman–Crippen LogP) is 2.14. The highest BCUT2D eigenvalue weighted by molar-refractivity contribution is 6.32. The van der Waals surface area contributed by atoms with Gasteiger partial charge in [0, 0.05) is 12.0 Å². The first-order chi connectivity index (χ1) is 9.83. The Morgan fingerprint density at radius 1 is 1.48 bits per heavy atom. The lowest BCUT2D eigenvalue weighted by Gasteiger charge is -2.39. The highest BCUT2D eigenvalue weighted by Crippen LogP contribution is 2.25. The molecule has 2 amide bonds. The zero-order chi connectivity index (χ0) is 15.6. The Balaban J connectivity index is 2.11. The first-order valence-electron chi connectivity index (χ1n) is 6.79. The fourth-order valence-electron chi connectivity index (χ4n) is 2.45. The van der Waals surface area contributed by atoms with E-state index in [-0.39, 0.29) is 17.9 Å². The Morgan fingerprint density at radius 2 is 2.19 bits per heavy atom. The van der Waals surface area contributed by atoms with Gasteiger partial charge >= 0.3 is 0 Å². The highest BCUT2D eigenvalue weighted by atomic mass is 35.5. The molecule has 1 fully saturated rings. The van der Waals surface area contributed by atoms with Crippen molar-refractivity contribution in [3.63, 3.8) is 0 Å². The standard InChI is InChI=1S/C15H19ClN2O3/c1-15(2)12(6-7-13(19)18-15)17-14(20)9-4-5-11(21-3)10(16)8-9/h4-5,8,12H,6-7H2,1-3H3,(H,17,20)(H,18,19). The van der Waals surface area contributed by atoms with Crippen LogP contribution in [0.15, 0.2) is 18.2 Å². The van der Waals surface area contributed by atoms with Crippen LogP contribution in [0.3, 0.4) is 0 Å². The maximum absolute atomic E-state index is 12.3. The Hall–Kier alpha value is -1.75. The number of nitrogens with one attached hydrogen (secondary N) is 2. The van der Waals surface area contributed by atoms with E-state index in [1.807, 2.05) is 13.8 Å². The van der Waals surface area contributed by atoms with E-state index in [1.165, 1.54) is 7.11 Å². The third kappa shape index (κ3) is 3.47. The predicted molar refractivity (Wildman–Crippen MR) is 80.7 cm³/mol. The van der Waals surface area contributed by atoms with Crippen molar-refractivity contribution in [1.82, 2.24) is 10.6 Å².